The van der Waals surface area contributed by atoms with E-state index in [4.69, 9.17) is 28.4 Å². The van der Waals surface area contributed by atoms with Gasteiger partial charge in [0.1, 0.15) is 54.9 Å². The van der Waals surface area contributed by atoms with Gasteiger partial charge in [0.05, 0.1) is 26.4 Å². The van der Waals surface area contributed by atoms with Crippen LogP contribution in [0, 0.1) is 0 Å². The van der Waals surface area contributed by atoms with Crippen LogP contribution in [0.5, 0.6) is 0 Å². The van der Waals surface area contributed by atoms with Crippen molar-refractivity contribution < 1.29 is 69.0 Å². The van der Waals surface area contributed by atoms with Crippen LogP contribution in [0.3, 0.4) is 0 Å². The number of hydrogen-bond donors (Lipinski definition) is 7. The molecule has 0 radical (unpaired) electrons. The summed E-state index contributed by atoms with van der Waals surface area (Å²) in [6, 6.07) is 0. The average Bonchev–Trinajstić information content (AvgIpc) is 3.29. The fraction of sp³-hybridized carbons (Fsp3) is 0.900. The molecule has 14 nitrogen and oxygen atoms in total. The lowest BCUT2D eigenvalue weighted by atomic mass is 9.98. The van der Waals surface area contributed by atoms with Crippen LogP contribution in [-0.2, 0) is 33.2 Å². The first-order valence-electron chi connectivity index (χ1n) is 25.4. The van der Waals surface area contributed by atoms with E-state index in [1.807, 2.05) is 0 Å². The van der Waals surface area contributed by atoms with Crippen LogP contribution < -0.4 is 0 Å². The number of aliphatic hydroxyl groups excluding tert-OH is 7. The smallest absolute Gasteiger partial charge is 0.306 e. The van der Waals surface area contributed by atoms with Gasteiger partial charge in [-0.05, 0) is 64.2 Å². The lowest BCUT2D eigenvalue weighted by molar-refractivity contribution is -0.332. The first-order chi connectivity index (χ1) is 31.1. The van der Waals surface area contributed by atoms with Gasteiger partial charge in [-0.15, -0.1) is 0 Å². The van der Waals surface area contributed by atoms with Crippen molar-refractivity contribution in [2.45, 2.75) is 255 Å². The lowest BCUT2D eigenvalue weighted by Gasteiger charge is -2.42. The fourth-order valence-electron chi connectivity index (χ4n) is 7.98. The predicted molar refractivity (Wildman–Crippen MR) is 247 cm³/mol. The van der Waals surface area contributed by atoms with Crippen molar-refractivity contribution in [2.75, 3.05) is 33.0 Å². The Balaban J connectivity index is 1.76. The zero-order valence-corrected chi connectivity index (χ0v) is 39.8. The number of hydrogen-bond acceptors (Lipinski definition) is 14. The van der Waals surface area contributed by atoms with Gasteiger partial charge in [-0.1, -0.05) is 141 Å². The molecule has 14 heteroatoms. The second kappa shape index (κ2) is 38.4. The highest BCUT2D eigenvalue weighted by atomic mass is 16.7. The average molecular weight is 917 g/mol. The Labute approximate surface area is 386 Å². The molecule has 2 fully saturated rings. The summed E-state index contributed by atoms with van der Waals surface area (Å²) in [7, 11) is 0. The summed E-state index contributed by atoms with van der Waals surface area (Å²) in [4.78, 5) is 13.0. The molecule has 0 aromatic carbocycles. The maximum atomic E-state index is 13.0. The van der Waals surface area contributed by atoms with Gasteiger partial charge >= 0.3 is 5.97 Å². The number of ether oxygens (including phenoxy) is 6. The van der Waals surface area contributed by atoms with Crippen LogP contribution in [0.4, 0.5) is 0 Å². The van der Waals surface area contributed by atoms with Crippen LogP contribution in [-0.4, -0.2) is 142 Å². The molecule has 11 atom stereocenters. The Morgan fingerprint density at radius 2 is 0.922 bits per heavy atom. The fourth-order valence-corrected chi connectivity index (χ4v) is 7.98. The predicted octanol–water partition coefficient (Wildman–Crippen LogP) is 7.24. The molecule has 2 heterocycles. The first kappa shape index (κ1) is 58.6. The van der Waals surface area contributed by atoms with E-state index in [0.717, 1.165) is 57.8 Å². The minimum absolute atomic E-state index is 0.0583. The molecule has 0 saturated carbocycles. The summed E-state index contributed by atoms with van der Waals surface area (Å²) in [5.41, 5.74) is 0. The number of unbranched alkanes of at least 4 members (excludes halogenated alkanes) is 22. The van der Waals surface area contributed by atoms with E-state index in [0.29, 0.717) is 13.0 Å². The van der Waals surface area contributed by atoms with E-state index < -0.39 is 80.7 Å². The third kappa shape index (κ3) is 26.1. The van der Waals surface area contributed by atoms with Gasteiger partial charge < -0.3 is 64.2 Å². The van der Waals surface area contributed by atoms with E-state index in [2.05, 4.69) is 38.2 Å². The summed E-state index contributed by atoms with van der Waals surface area (Å²) >= 11 is 0. The molecule has 0 amide bonds. The van der Waals surface area contributed by atoms with E-state index in [9.17, 15) is 40.5 Å². The van der Waals surface area contributed by atoms with Crippen LogP contribution in [0.2, 0.25) is 0 Å². The molecule has 2 rings (SSSR count). The monoisotopic (exact) mass is 917 g/mol. The Bertz CT molecular complexity index is 1160. The zero-order chi connectivity index (χ0) is 46.6. The summed E-state index contributed by atoms with van der Waals surface area (Å²) in [5.74, 6) is -0.386. The summed E-state index contributed by atoms with van der Waals surface area (Å²) < 4.78 is 34.2. The lowest BCUT2D eigenvalue weighted by Crippen LogP contribution is -2.61. The Kier molecular flexibility index (Phi) is 35.2. The van der Waals surface area contributed by atoms with Gasteiger partial charge in [0.2, 0.25) is 0 Å². The number of rotatable bonds is 40. The molecule has 0 spiro atoms. The number of allylic oxidation sites excluding steroid dienone is 4. The number of carbonyl (C=O) groups is 1. The molecule has 2 aliphatic heterocycles. The highest BCUT2D eigenvalue weighted by molar-refractivity contribution is 5.69. The van der Waals surface area contributed by atoms with E-state index in [1.165, 1.54) is 103 Å². The van der Waals surface area contributed by atoms with Crippen molar-refractivity contribution in [3.63, 3.8) is 0 Å². The maximum Gasteiger partial charge on any atom is 0.306 e. The largest absolute Gasteiger partial charge is 0.457 e. The second-order valence-electron chi connectivity index (χ2n) is 18.0. The van der Waals surface area contributed by atoms with Crippen LogP contribution in [0.15, 0.2) is 24.3 Å². The summed E-state index contributed by atoms with van der Waals surface area (Å²) in [6.45, 7) is 3.65. The quantitative estimate of drug-likeness (QED) is 0.0184. The molecular weight excluding hydrogens is 825 g/mol. The molecule has 0 aromatic rings. The van der Waals surface area contributed by atoms with Crippen molar-refractivity contribution in [1.82, 2.24) is 0 Å². The van der Waals surface area contributed by atoms with Crippen molar-refractivity contribution in [3.05, 3.63) is 24.3 Å². The molecule has 64 heavy (non-hydrogen) atoms. The minimum atomic E-state index is -1.71. The minimum Gasteiger partial charge on any atom is -0.457 e. The van der Waals surface area contributed by atoms with E-state index in [-0.39, 0.29) is 25.6 Å². The van der Waals surface area contributed by atoms with Crippen molar-refractivity contribution in [3.8, 4) is 0 Å². The molecule has 11 unspecified atom stereocenters. The third-order valence-electron chi connectivity index (χ3n) is 12.2. The highest BCUT2D eigenvalue weighted by Crippen LogP contribution is 2.26. The summed E-state index contributed by atoms with van der Waals surface area (Å²) in [5, 5.41) is 72.0. The Hall–Kier alpha value is -1.53. The van der Waals surface area contributed by atoms with E-state index >= 15 is 0 Å². The van der Waals surface area contributed by atoms with Crippen molar-refractivity contribution in [1.29, 1.82) is 0 Å². The molecule has 7 N–H and O–H groups in total. The SMILES string of the molecule is CCCCC/C=C\CCCCCCCC(=O)OC(COCCCCCCCCCC/C=C\CCCCCCCC)COC1OC(COC2OC(CO)C(O)C(O)C2O)C(O)C(O)C1O. The molecule has 2 saturated heterocycles. The Morgan fingerprint density at radius 3 is 1.45 bits per heavy atom. The summed E-state index contributed by atoms with van der Waals surface area (Å²) in [6.07, 6.45) is 23.8. The van der Waals surface area contributed by atoms with Gasteiger partial charge in [-0.3, -0.25) is 4.79 Å². The van der Waals surface area contributed by atoms with Crippen LogP contribution in [0.25, 0.3) is 0 Å². The molecule has 0 aliphatic carbocycles. The molecule has 2 aliphatic rings. The number of esters is 1. The first-order valence-corrected chi connectivity index (χ1v) is 25.4. The van der Waals surface area contributed by atoms with Gasteiger partial charge in [0.15, 0.2) is 12.6 Å². The van der Waals surface area contributed by atoms with Gasteiger partial charge in [-0.25, -0.2) is 0 Å². The number of carbonyl (C=O) groups excluding carboxylic acids is 1. The molecule has 0 bridgehead atoms. The van der Waals surface area contributed by atoms with Gasteiger partial charge in [0.25, 0.3) is 0 Å². The normalized spacial score (nSPS) is 26.9. The zero-order valence-electron chi connectivity index (χ0n) is 39.8. The maximum absolute atomic E-state index is 13.0. The standard InChI is InChI=1S/C50H92O14/c1-3-5-7-9-11-13-15-17-18-19-20-21-22-24-26-28-30-32-34-59-36-39(62-42(52)33-31-29-27-25-23-16-14-12-10-8-6-4-2)37-60-49-48(58)46(56)44(54)41(64-49)38-61-50-47(57)45(55)43(53)40(35-51)63-50/h12,14,17-18,39-41,43-51,53-58H,3-11,13,15-16,19-38H2,1-2H3/b14-12-,18-17-. The van der Waals surface area contributed by atoms with Gasteiger partial charge in [-0.2, -0.15) is 0 Å². The highest BCUT2D eigenvalue weighted by Gasteiger charge is 2.47. The second-order valence-corrected chi connectivity index (χ2v) is 18.0. The topological polar surface area (TPSA) is 214 Å². The van der Waals surface area contributed by atoms with E-state index in [1.54, 1.807) is 0 Å². The van der Waals surface area contributed by atoms with Crippen molar-refractivity contribution in [2.24, 2.45) is 0 Å². The molecule has 0 aromatic heterocycles. The third-order valence-corrected chi connectivity index (χ3v) is 12.2. The van der Waals surface area contributed by atoms with Crippen LogP contribution in [0.1, 0.15) is 187 Å². The Morgan fingerprint density at radius 1 is 0.500 bits per heavy atom. The molecule has 376 valence electrons. The van der Waals surface area contributed by atoms with Gasteiger partial charge in [0, 0.05) is 13.0 Å². The van der Waals surface area contributed by atoms with Crippen molar-refractivity contribution >= 4 is 5.97 Å². The number of aliphatic hydroxyl groups is 7. The molecular formula is C50H92O14. The van der Waals surface area contributed by atoms with Crippen LogP contribution >= 0.6 is 0 Å².